The second-order valence-corrected chi connectivity index (χ2v) is 6.09. The van der Waals surface area contributed by atoms with E-state index >= 15 is 0 Å². The summed E-state index contributed by atoms with van der Waals surface area (Å²) in [6, 6.07) is 16.2. The van der Waals surface area contributed by atoms with Gasteiger partial charge in [-0.2, -0.15) is 0 Å². The van der Waals surface area contributed by atoms with Crippen LogP contribution >= 0.6 is 0 Å². The molecule has 0 aliphatic heterocycles. The van der Waals surface area contributed by atoms with E-state index in [-0.39, 0.29) is 6.10 Å². The Balaban J connectivity index is 1.66. The first-order chi connectivity index (χ1) is 11.7. The van der Waals surface area contributed by atoms with E-state index in [1.807, 2.05) is 36.8 Å². The summed E-state index contributed by atoms with van der Waals surface area (Å²) >= 11 is 0. The molecule has 24 heavy (non-hydrogen) atoms. The van der Waals surface area contributed by atoms with Crippen LogP contribution < -0.4 is 10.5 Å². The normalized spacial score (nSPS) is 12.0. The van der Waals surface area contributed by atoms with Crippen LogP contribution in [0.25, 0.3) is 0 Å². The van der Waals surface area contributed by atoms with Gasteiger partial charge in [-0.15, -0.1) is 0 Å². The Bertz CT molecular complexity index is 734. The van der Waals surface area contributed by atoms with Gasteiger partial charge in [-0.05, 0) is 49.6 Å². The number of aromatic nitrogens is 2. The van der Waals surface area contributed by atoms with Crippen LogP contribution in [0.4, 0.5) is 5.69 Å². The summed E-state index contributed by atoms with van der Waals surface area (Å²) in [6.45, 7) is 2.88. The van der Waals surface area contributed by atoms with E-state index in [1.54, 1.807) is 6.20 Å². The lowest BCUT2D eigenvalue weighted by Crippen LogP contribution is -2.23. The molecule has 4 nitrogen and oxygen atoms in total. The standard InChI is InChI=1S/C20H23N3O/c1-16-2-4-17(5-3-16)6-9-20(14-23-13-12-22-15-23)24-19-10-7-18(21)8-11-19/h2-5,7-8,10-13,15,20H,6,9,14,21H2,1H3. The van der Waals surface area contributed by atoms with Gasteiger partial charge in [0.25, 0.3) is 0 Å². The molecule has 2 N–H and O–H groups in total. The number of aryl methyl sites for hydroxylation is 2. The Morgan fingerprint density at radius 3 is 2.50 bits per heavy atom. The first kappa shape index (κ1) is 16.1. The molecule has 0 fully saturated rings. The number of nitrogens with zero attached hydrogens (tertiary/aromatic N) is 2. The molecule has 1 aromatic heterocycles. The molecule has 1 atom stereocenters. The molecule has 0 saturated carbocycles. The summed E-state index contributed by atoms with van der Waals surface area (Å²) in [7, 11) is 0. The van der Waals surface area contributed by atoms with Crippen molar-refractivity contribution in [2.24, 2.45) is 0 Å². The number of ether oxygens (including phenoxy) is 1. The molecule has 0 spiro atoms. The average molecular weight is 321 g/mol. The van der Waals surface area contributed by atoms with Gasteiger partial charge in [0.1, 0.15) is 11.9 Å². The quantitative estimate of drug-likeness (QED) is 0.672. The van der Waals surface area contributed by atoms with Crippen molar-refractivity contribution in [3.8, 4) is 5.75 Å². The predicted molar refractivity (Wildman–Crippen MR) is 97.0 cm³/mol. The minimum absolute atomic E-state index is 0.0733. The van der Waals surface area contributed by atoms with E-state index in [9.17, 15) is 0 Å². The van der Waals surface area contributed by atoms with Gasteiger partial charge in [-0.3, -0.25) is 0 Å². The van der Waals surface area contributed by atoms with E-state index in [0.717, 1.165) is 30.8 Å². The van der Waals surface area contributed by atoms with Crippen LogP contribution in [0.15, 0.2) is 67.3 Å². The number of benzene rings is 2. The van der Waals surface area contributed by atoms with Crippen molar-refractivity contribution in [1.82, 2.24) is 9.55 Å². The summed E-state index contributed by atoms with van der Waals surface area (Å²) in [6.07, 6.45) is 7.57. The highest BCUT2D eigenvalue weighted by Crippen LogP contribution is 2.18. The fourth-order valence-electron chi connectivity index (χ4n) is 2.64. The SMILES string of the molecule is Cc1ccc(CCC(Cn2ccnc2)Oc2ccc(N)cc2)cc1. The third-order valence-corrected chi connectivity index (χ3v) is 4.03. The maximum atomic E-state index is 6.18. The highest BCUT2D eigenvalue weighted by molar-refractivity contribution is 5.41. The lowest BCUT2D eigenvalue weighted by Gasteiger charge is -2.20. The van der Waals surface area contributed by atoms with E-state index in [2.05, 4.69) is 40.7 Å². The number of nitrogens with two attached hydrogens (primary N) is 1. The molecule has 0 aliphatic carbocycles. The monoisotopic (exact) mass is 321 g/mol. The number of hydrogen-bond acceptors (Lipinski definition) is 3. The van der Waals surface area contributed by atoms with Crippen LogP contribution in [0.3, 0.4) is 0 Å². The van der Waals surface area contributed by atoms with E-state index < -0.39 is 0 Å². The predicted octanol–water partition coefficient (Wildman–Crippen LogP) is 3.85. The molecule has 3 aromatic rings. The van der Waals surface area contributed by atoms with Crippen molar-refractivity contribution in [2.75, 3.05) is 5.73 Å². The molecular weight excluding hydrogens is 298 g/mol. The minimum Gasteiger partial charge on any atom is -0.489 e. The van der Waals surface area contributed by atoms with Gasteiger partial charge >= 0.3 is 0 Å². The molecular formula is C20H23N3O. The van der Waals surface area contributed by atoms with Crippen molar-refractivity contribution in [1.29, 1.82) is 0 Å². The lowest BCUT2D eigenvalue weighted by molar-refractivity contribution is 0.170. The van der Waals surface area contributed by atoms with Crippen LogP contribution in [-0.4, -0.2) is 15.7 Å². The van der Waals surface area contributed by atoms with Crippen molar-refractivity contribution in [3.63, 3.8) is 0 Å². The summed E-state index contributed by atoms with van der Waals surface area (Å²) in [5.41, 5.74) is 9.10. The summed E-state index contributed by atoms with van der Waals surface area (Å²) < 4.78 is 8.24. The number of hydrogen-bond donors (Lipinski definition) is 1. The topological polar surface area (TPSA) is 53.1 Å². The largest absolute Gasteiger partial charge is 0.489 e. The third-order valence-electron chi connectivity index (χ3n) is 4.03. The van der Waals surface area contributed by atoms with Gasteiger partial charge in [0, 0.05) is 18.1 Å². The van der Waals surface area contributed by atoms with E-state index in [0.29, 0.717) is 0 Å². The zero-order valence-corrected chi connectivity index (χ0v) is 13.9. The fourth-order valence-corrected chi connectivity index (χ4v) is 2.64. The zero-order valence-electron chi connectivity index (χ0n) is 13.9. The van der Waals surface area contributed by atoms with Crippen molar-refractivity contribution >= 4 is 5.69 Å². The molecule has 0 aliphatic rings. The van der Waals surface area contributed by atoms with Crippen LogP contribution in [0.1, 0.15) is 17.5 Å². The van der Waals surface area contributed by atoms with Gasteiger partial charge in [0.05, 0.1) is 12.9 Å². The molecule has 4 heteroatoms. The van der Waals surface area contributed by atoms with Gasteiger partial charge in [-0.25, -0.2) is 4.98 Å². The Labute approximate surface area is 142 Å². The number of imidazole rings is 1. The molecule has 124 valence electrons. The van der Waals surface area contributed by atoms with Crippen LogP contribution in [0, 0.1) is 6.92 Å². The van der Waals surface area contributed by atoms with Gasteiger partial charge in [-0.1, -0.05) is 29.8 Å². The van der Waals surface area contributed by atoms with Crippen LogP contribution in [-0.2, 0) is 13.0 Å². The van der Waals surface area contributed by atoms with Gasteiger partial charge in [0.2, 0.25) is 0 Å². The van der Waals surface area contributed by atoms with E-state index in [1.165, 1.54) is 11.1 Å². The molecule has 2 aromatic carbocycles. The Hall–Kier alpha value is -2.75. The number of nitrogen functional groups attached to an aromatic ring is 1. The maximum absolute atomic E-state index is 6.18. The van der Waals surface area contributed by atoms with Crippen molar-refractivity contribution in [2.45, 2.75) is 32.4 Å². The first-order valence-electron chi connectivity index (χ1n) is 8.22. The number of anilines is 1. The van der Waals surface area contributed by atoms with Gasteiger partial charge in [0.15, 0.2) is 0 Å². The van der Waals surface area contributed by atoms with E-state index in [4.69, 9.17) is 10.5 Å². The molecule has 0 radical (unpaired) electrons. The average Bonchev–Trinajstić information content (AvgIpc) is 3.09. The van der Waals surface area contributed by atoms with Gasteiger partial charge < -0.3 is 15.0 Å². The first-order valence-corrected chi connectivity index (χ1v) is 8.22. The smallest absolute Gasteiger partial charge is 0.119 e. The third kappa shape index (κ3) is 4.62. The second-order valence-electron chi connectivity index (χ2n) is 6.09. The lowest BCUT2D eigenvalue weighted by atomic mass is 10.1. The summed E-state index contributed by atoms with van der Waals surface area (Å²) in [5, 5.41) is 0. The second kappa shape index (κ2) is 7.68. The zero-order chi connectivity index (χ0) is 16.8. The molecule has 0 amide bonds. The summed E-state index contributed by atoms with van der Waals surface area (Å²) in [4.78, 5) is 4.11. The molecule has 1 heterocycles. The Kier molecular flexibility index (Phi) is 5.16. The molecule has 3 rings (SSSR count). The molecule has 0 saturated heterocycles. The number of rotatable bonds is 7. The highest BCUT2D eigenvalue weighted by atomic mass is 16.5. The summed E-state index contributed by atoms with van der Waals surface area (Å²) in [5.74, 6) is 0.846. The maximum Gasteiger partial charge on any atom is 0.119 e. The minimum atomic E-state index is 0.0733. The molecule has 1 unspecified atom stereocenters. The Morgan fingerprint density at radius 1 is 1.08 bits per heavy atom. The van der Waals surface area contributed by atoms with Crippen LogP contribution in [0.2, 0.25) is 0 Å². The fraction of sp³-hybridized carbons (Fsp3) is 0.250. The Morgan fingerprint density at radius 2 is 1.83 bits per heavy atom. The van der Waals surface area contributed by atoms with Crippen LogP contribution in [0.5, 0.6) is 5.75 Å². The molecule has 0 bridgehead atoms. The highest BCUT2D eigenvalue weighted by Gasteiger charge is 2.12. The van der Waals surface area contributed by atoms with Crippen molar-refractivity contribution in [3.05, 3.63) is 78.4 Å². The van der Waals surface area contributed by atoms with Crippen molar-refractivity contribution < 1.29 is 4.74 Å².